The first-order chi connectivity index (χ1) is 17.7. The lowest BCUT2D eigenvalue weighted by atomic mass is 10.0. The minimum atomic E-state index is -0.0327. The standard InChI is InChI=1S/C28H25N7O/c1-18(26-21(11-13-29-26)19-7-3-2-4-8-19)33-28-25-22(15-30-27(25)31-17-32-28)23-12-14-35(34-23)16-20-9-5-6-10-24(20)36/h2-15,17-18,29,36H,16H2,1H3,(H2,30,31,32,33)/t18-/m0/s1. The molecule has 0 spiro atoms. The number of anilines is 1. The number of benzene rings is 2. The predicted octanol–water partition coefficient (Wildman–Crippen LogP) is 5.74. The average molecular weight is 476 g/mol. The van der Waals surface area contributed by atoms with Crippen molar-refractivity contribution in [2.75, 3.05) is 5.32 Å². The Bertz CT molecular complexity index is 1630. The smallest absolute Gasteiger partial charge is 0.143 e. The minimum Gasteiger partial charge on any atom is -0.508 e. The van der Waals surface area contributed by atoms with Crippen molar-refractivity contribution in [2.24, 2.45) is 0 Å². The minimum absolute atomic E-state index is 0.0327. The Balaban J connectivity index is 1.32. The van der Waals surface area contributed by atoms with Gasteiger partial charge in [0.2, 0.25) is 0 Å². The van der Waals surface area contributed by atoms with Crippen LogP contribution >= 0.6 is 0 Å². The summed E-state index contributed by atoms with van der Waals surface area (Å²) in [6.45, 7) is 2.59. The van der Waals surface area contributed by atoms with E-state index >= 15 is 0 Å². The highest BCUT2D eigenvalue weighted by molar-refractivity contribution is 6.00. The molecule has 6 rings (SSSR count). The number of nitrogens with one attached hydrogen (secondary N) is 3. The Morgan fingerprint density at radius 2 is 1.78 bits per heavy atom. The first-order valence-corrected chi connectivity index (χ1v) is 11.8. The van der Waals surface area contributed by atoms with Crippen molar-refractivity contribution < 1.29 is 5.11 Å². The van der Waals surface area contributed by atoms with Gasteiger partial charge < -0.3 is 20.4 Å². The Hall–Kier alpha value is -4.85. The first-order valence-electron chi connectivity index (χ1n) is 11.8. The topological polar surface area (TPSA) is 107 Å². The lowest BCUT2D eigenvalue weighted by Gasteiger charge is -2.16. The summed E-state index contributed by atoms with van der Waals surface area (Å²) >= 11 is 0. The summed E-state index contributed by atoms with van der Waals surface area (Å²) in [5.41, 5.74) is 6.64. The van der Waals surface area contributed by atoms with Crippen LogP contribution in [0.1, 0.15) is 24.2 Å². The molecule has 178 valence electrons. The van der Waals surface area contributed by atoms with Crippen LogP contribution in [-0.2, 0) is 6.54 Å². The number of fused-ring (bicyclic) bond motifs is 1. The van der Waals surface area contributed by atoms with Gasteiger partial charge in [0.15, 0.2) is 0 Å². The molecular formula is C28H25N7O. The monoisotopic (exact) mass is 475 g/mol. The van der Waals surface area contributed by atoms with Crippen molar-refractivity contribution in [3.8, 4) is 28.1 Å². The molecule has 4 N–H and O–H groups in total. The van der Waals surface area contributed by atoms with Crippen molar-refractivity contribution in [3.63, 3.8) is 0 Å². The quantitative estimate of drug-likeness (QED) is 0.235. The van der Waals surface area contributed by atoms with E-state index in [0.717, 1.165) is 50.5 Å². The van der Waals surface area contributed by atoms with Gasteiger partial charge in [-0.3, -0.25) is 4.68 Å². The lowest BCUT2D eigenvalue weighted by Crippen LogP contribution is -2.10. The molecule has 36 heavy (non-hydrogen) atoms. The van der Waals surface area contributed by atoms with Crippen LogP contribution in [0.15, 0.2) is 91.6 Å². The Kier molecular flexibility index (Phi) is 5.46. The number of aromatic amines is 2. The first kappa shape index (κ1) is 21.7. The Morgan fingerprint density at radius 3 is 2.64 bits per heavy atom. The summed E-state index contributed by atoms with van der Waals surface area (Å²) in [7, 11) is 0. The van der Waals surface area contributed by atoms with Gasteiger partial charge in [0.25, 0.3) is 0 Å². The number of aromatic nitrogens is 6. The van der Waals surface area contributed by atoms with Crippen LogP contribution in [0.5, 0.6) is 5.75 Å². The van der Waals surface area contributed by atoms with Crippen LogP contribution in [0.25, 0.3) is 33.4 Å². The van der Waals surface area contributed by atoms with Crippen LogP contribution in [0.3, 0.4) is 0 Å². The molecule has 4 heterocycles. The van der Waals surface area contributed by atoms with Gasteiger partial charge in [0, 0.05) is 41.0 Å². The number of phenols is 1. The molecule has 2 aromatic carbocycles. The molecule has 0 radical (unpaired) electrons. The fraction of sp³-hybridized carbons (Fsp3) is 0.107. The molecule has 4 aromatic heterocycles. The lowest BCUT2D eigenvalue weighted by molar-refractivity contribution is 0.464. The van der Waals surface area contributed by atoms with Gasteiger partial charge in [-0.25, -0.2) is 9.97 Å². The summed E-state index contributed by atoms with van der Waals surface area (Å²) in [5, 5.41) is 19.3. The highest BCUT2D eigenvalue weighted by atomic mass is 16.3. The average Bonchev–Trinajstić information content (AvgIpc) is 3.66. The number of aromatic hydroxyl groups is 1. The Morgan fingerprint density at radius 1 is 0.944 bits per heavy atom. The number of hydrogen-bond acceptors (Lipinski definition) is 5. The van der Waals surface area contributed by atoms with Crippen molar-refractivity contribution in [1.82, 2.24) is 29.7 Å². The summed E-state index contributed by atoms with van der Waals surface area (Å²) in [5.74, 6) is 0.988. The molecule has 1 atom stereocenters. The van der Waals surface area contributed by atoms with Crippen molar-refractivity contribution in [3.05, 3.63) is 103 Å². The molecule has 0 saturated carbocycles. The van der Waals surface area contributed by atoms with Crippen molar-refractivity contribution in [2.45, 2.75) is 19.5 Å². The van der Waals surface area contributed by atoms with Gasteiger partial charge in [-0.05, 0) is 30.7 Å². The maximum Gasteiger partial charge on any atom is 0.143 e. The van der Waals surface area contributed by atoms with E-state index in [1.54, 1.807) is 12.4 Å². The summed E-state index contributed by atoms with van der Waals surface area (Å²) in [6.07, 6.45) is 7.34. The second-order valence-electron chi connectivity index (χ2n) is 8.71. The van der Waals surface area contributed by atoms with Crippen LogP contribution in [0.4, 0.5) is 5.82 Å². The highest BCUT2D eigenvalue weighted by Crippen LogP contribution is 2.34. The molecule has 0 amide bonds. The number of nitrogens with zero attached hydrogens (tertiary/aromatic N) is 4. The van der Waals surface area contributed by atoms with E-state index in [4.69, 9.17) is 5.10 Å². The number of rotatable bonds is 7. The zero-order valence-electron chi connectivity index (χ0n) is 19.7. The van der Waals surface area contributed by atoms with E-state index in [2.05, 4.69) is 50.4 Å². The molecule has 0 aliphatic rings. The molecule has 0 fully saturated rings. The largest absolute Gasteiger partial charge is 0.508 e. The molecule has 0 aliphatic heterocycles. The van der Waals surface area contributed by atoms with Crippen LogP contribution < -0.4 is 5.32 Å². The fourth-order valence-electron chi connectivity index (χ4n) is 4.57. The van der Waals surface area contributed by atoms with E-state index < -0.39 is 0 Å². The fourth-order valence-corrected chi connectivity index (χ4v) is 4.57. The second-order valence-corrected chi connectivity index (χ2v) is 8.71. The van der Waals surface area contributed by atoms with Gasteiger partial charge >= 0.3 is 0 Å². The SMILES string of the molecule is C[C@H](Nc1ncnc2[nH]cc(-c3ccn(Cc4ccccc4O)n3)c12)c1[nH]ccc1-c1ccccc1. The van der Waals surface area contributed by atoms with Gasteiger partial charge in [-0.1, -0.05) is 48.5 Å². The molecule has 0 unspecified atom stereocenters. The third kappa shape index (κ3) is 3.98. The van der Waals surface area contributed by atoms with E-state index in [0.29, 0.717) is 6.54 Å². The van der Waals surface area contributed by atoms with E-state index in [9.17, 15) is 5.11 Å². The highest BCUT2D eigenvalue weighted by Gasteiger charge is 2.19. The normalized spacial score (nSPS) is 12.1. The maximum atomic E-state index is 10.1. The third-order valence-corrected chi connectivity index (χ3v) is 6.36. The third-order valence-electron chi connectivity index (χ3n) is 6.36. The molecular weight excluding hydrogens is 450 g/mol. The number of para-hydroxylation sites is 1. The van der Waals surface area contributed by atoms with Crippen LogP contribution in [-0.4, -0.2) is 34.8 Å². The zero-order chi connectivity index (χ0) is 24.5. The molecule has 0 saturated heterocycles. The predicted molar refractivity (Wildman–Crippen MR) is 141 cm³/mol. The molecule has 8 nitrogen and oxygen atoms in total. The van der Waals surface area contributed by atoms with Gasteiger partial charge in [0.05, 0.1) is 23.7 Å². The summed E-state index contributed by atoms with van der Waals surface area (Å²) < 4.78 is 1.81. The maximum absolute atomic E-state index is 10.1. The van der Waals surface area contributed by atoms with E-state index in [1.165, 1.54) is 0 Å². The van der Waals surface area contributed by atoms with Crippen molar-refractivity contribution in [1.29, 1.82) is 0 Å². The van der Waals surface area contributed by atoms with Crippen LogP contribution in [0, 0.1) is 0 Å². The van der Waals surface area contributed by atoms with E-state index in [-0.39, 0.29) is 11.8 Å². The molecule has 8 heteroatoms. The number of H-pyrrole nitrogens is 2. The van der Waals surface area contributed by atoms with Crippen LogP contribution in [0.2, 0.25) is 0 Å². The van der Waals surface area contributed by atoms with Gasteiger partial charge in [-0.15, -0.1) is 0 Å². The Labute approximate surface area is 207 Å². The van der Waals surface area contributed by atoms with E-state index in [1.807, 2.05) is 65.7 Å². The summed E-state index contributed by atoms with van der Waals surface area (Å²) in [6, 6.07) is 21.6. The second kappa shape index (κ2) is 9.07. The summed E-state index contributed by atoms with van der Waals surface area (Å²) in [4.78, 5) is 15.7. The van der Waals surface area contributed by atoms with Crippen molar-refractivity contribution >= 4 is 16.9 Å². The molecule has 0 aliphatic carbocycles. The number of phenolic OH excluding ortho intramolecular Hbond substituents is 1. The molecule has 0 bridgehead atoms. The molecule has 6 aromatic rings. The van der Waals surface area contributed by atoms with Gasteiger partial charge in [-0.2, -0.15) is 5.10 Å². The zero-order valence-corrected chi connectivity index (χ0v) is 19.7. The number of hydrogen-bond donors (Lipinski definition) is 4. The van der Waals surface area contributed by atoms with Gasteiger partial charge in [0.1, 0.15) is 23.5 Å².